The Bertz CT molecular complexity index is 1620. The number of nitrogens with one attached hydrogen (secondary N) is 1. The van der Waals surface area contributed by atoms with Crippen LogP contribution in [0, 0.1) is 11.8 Å². The smallest absolute Gasteiger partial charge is 0.308 e. The van der Waals surface area contributed by atoms with Crippen LogP contribution in [-0.2, 0) is 28.5 Å². The monoisotopic (exact) mass is 908 g/mol. The average Bonchev–Trinajstić information content (AvgIpc) is 3.21. The second-order valence-corrected chi connectivity index (χ2v) is 17.0. The molecule has 13 N–H and O–H groups in total. The van der Waals surface area contributed by atoms with Gasteiger partial charge in [0.05, 0.1) is 86.0 Å². The molecule has 1 amide bonds. The number of carbonyl (C=O) groups excluding carboxylic acids is 2. The molecule has 7 unspecified atom stereocenters. The first-order valence-corrected chi connectivity index (χ1v) is 22.0. The maximum atomic E-state index is 13.1. The maximum absolute atomic E-state index is 13.1. The number of hydrogen-bond donors (Lipinski definition) is 12. The zero-order valence-corrected chi connectivity index (χ0v) is 36.9. The standard InChI is InChI=1S/C46H72N2O16/c1-28-16-14-12-10-8-6-4-5-7-9-11-13-15-17-33(63-45-43(58)42(47)38(56)27-61-45)24-39-41(44(59)48-3)37(55)26-46(60,64-39)25-32(51)22-36(54)34(52)19-18-30(49)21-31(50)23-40(57)62-29(2)20-35(28)53/h4-17,28-39,41-43,45,49-56,58,60H,18-27,47H2,1-3H3,(H,48,59)/b5-4+,8-6+,9-7+,12-10+,13-11+,16-14+,17-15+/t28-,29-,30?,31?,32?,33?,34+,35-,36?,37-,38+,39-,41?,42-,43+,45-,46?/m0/s1. The third-order valence-corrected chi connectivity index (χ3v) is 11.3. The van der Waals surface area contributed by atoms with Crippen molar-refractivity contribution in [2.24, 2.45) is 17.6 Å². The topological polar surface area (TPSA) is 311 Å². The molecule has 18 heteroatoms. The SMILES string of the molecule is CNC(=O)C1[C@@H]2CC(O[C@@H]3OC[C@@H](O)[C@H](N)[C@H]3O)/C=C/C=C/C=C/C=C/C=C/C=C/C=C/[C@H](C)[C@@H](O)C[C@H](C)OC(=O)CC(O)CC(O)CC[C@@H](O)C(O)CC(O)CC(O)(C[C@@H]1O)O2. The van der Waals surface area contributed by atoms with Gasteiger partial charge in [0.1, 0.15) is 12.2 Å². The molecule has 0 radical (unpaired) electrons. The van der Waals surface area contributed by atoms with Gasteiger partial charge >= 0.3 is 5.97 Å². The summed E-state index contributed by atoms with van der Waals surface area (Å²) in [4.78, 5) is 25.6. The van der Waals surface area contributed by atoms with Crippen LogP contribution in [0.1, 0.15) is 71.6 Å². The van der Waals surface area contributed by atoms with E-state index in [1.807, 2.05) is 37.3 Å². The lowest BCUT2D eigenvalue weighted by Gasteiger charge is -2.45. The Labute approximate surface area is 375 Å². The lowest BCUT2D eigenvalue weighted by Crippen LogP contribution is -2.59. The van der Waals surface area contributed by atoms with E-state index in [-0.39, 0.29) is 44.6 Å². The van der Waals surface area contributed by atoms with E-state index in [0.29, 0.717) is 0 Å². The maximum Gasteiger partial charge on any atom is 0.308 e. The van der Waals surface area contributed by atoms with Gasteiger partial charge in [0.2, 0.25) is 5.91 Å². The van der Waals surface area contributed by atoms with Gasteiger partial charge in [-0.15, -0.1) is 0 Å². The number of rotatable bonds is 3. The van der Waals surface area contributed by atoms with Crippen LogP contribution >= 0.6 is 0 Å². The third kappa shape index (κ3) is 19.2. The van der Waals surface area contributed by atoms with Crippen LogP contribution in [0.5, 0.6) is 0 Å². The number of esters is 1. The first-order chi connectivity index (χ1) is 30.3. The number of fused-ring (bicyclic) bond motifs is 2. The number of allylic oxidation sites excluding steroid dienone is 12. The molecular formula is C46H72N2O16. The summed E-state index contributed by atoms with van der Waals surface area (Å²) < 4.78 is 23.1. The van der Waals surface area contributed by atoms with Crippen molar-refractivity contribution in [2.75, 3.05) is 13.7 Å². The average molecular weight is 909 g/mol. The highest BCUT2D eigenvalue weighted by Crippen LogP contribution is 2.38. The van der Waals surface area contributed by atoms with E-state index in [0.717, 1.165) is 0 Å². The van der Waals surface area contributed by atoms with E-state index in [9.17, 15) is 60.7 Å². The fourth-order valence-corrected chi connectivity index (χ4v) is 7.68. The van der Waals surface area contributed by atoms with Crippen LogP contribution in [0.15, 0.2) is 85.1 Å². The Morgan fingerprint density at radius 3 is 1.91 bits per heavy atom. The largest absolute Gasteiger partial charge is 0.462 e. The molecule has 2 bridgehead atoms. The molecule has 0 saturated carbocycles. The van der Waals surface area contributed by atoms with Crippen molar-refractivity contribution in [1.29, 1.82) is 0 Å². The molecule has 0 aromatic carbocycles. The van der Waals surface area contributed by atoms with Gasteiger partial charge in [0, 0.05) is 45.1 Å². The minimum Gasteiger partial charge on any atom is -0.462 e. The number of nitrogens with two attached hydrogens (primary N) is 1. The number of carbonyl (C=O) groups is 2. The number of aliphatic hydroxyl groups is 10. The summed E-state index contributed by atoms with van der Waals surface area (Å²) in [7, 11) is 1.37. The van der Waals surface area contributed by atoms with Crippen LogP contribution in [-0.4, -0.2) is 168 Å². The number of hydrogen-bond acceptors (Lipinski definition) is 17. The molecule has 0 aromatic rings. The number of amides is 1. The van der Waals surface area contributed by atoms with E-state index < -0.39 is 135 Å². The van der Waals surface area contributed by atoms with Crippen molar-refractivity contribution >= 4 is 11.9 Å². The highest BCUT2D eigenvalue weighted by atomic mass is 16.7. The Kier molecular flexibility index (Phi) is 23.9. The fraction of sp³-hybridized carbons (Fsp3) is 0.652. The van der Waals surface area contributed by atoms with Gasteiger partial charge in [-0.1, -0.05) is 92.0 Å². The van der Waals surface area contributed by atoms with Crippen molar-refractivity contribution in [2.45, 2.75) is 163 Å². The summed E-state index contributed by atoms with van der Waals surface area (Å²) in [6, 6.07) is -1.09. The predicted octanol–water partition coefficient (Wildman–Crippen LogP) is -0.261. The van der Waals surface area contributed by atoms with Crippen LogP contribution in [0.3, 0.4) is 0 Å². The third-order valence-electron chi connectivity index (χ3n) is 11.3. The molecule has 17 atom stereocenters. The summed E-state index contributed by atoms with van der Waals surface area (Å²) in [5.74, 6) is -5.05. The Morgan fingerprint density at radius 2 is 1.30 bits per heavy atom. The summed E-state index contributed by atoms with van der Waals surface area (Å²) in [6.45, 7) is 3.22. The number of cyclic esters (lactones) is 1. The van der Waals surface area contributed by atoms with Crippen LogP contribution < -0.4 is 11.1 Å². The van der Waals surface area contributed by atoms with Crippen molar-refractivity contribution < 1.29 is 79.6 Å². The van der Waals surface area contributed by atoms with Gasteiger partial charge in [0.15, 0.2) is 12.1 Å². The Balaban J connectivity index is 1.85. The Morgan fingerprint density at radius 1 is 0.703 bits per heavy atom. The van der Waals surface area contributed by atoms with E-state index in [1.54, 1.807) is 61.6 Å². The molecule has 0 spiro atoms. The van der Waals surface area contributed by atoms with Crippen molar-refractivity contribution in [3.63, 3.8) is 0 Å². The fourth-order valence-electron chi connectivity index (χ4n) is 7.68. The Hall–Kier alpha value is -3.44. The first-order valence-electron chi connectivity index (χ1n) is 22.0. The first kappa shape index (κ1) is 54.9. The van der Waals surface area contributed by atoms with Crippen molar-refractivity contribution in [1.82, 2.24) is 5.32 Å². The highest BCUT2D eigenvalue weighted by molar-refractivity contribution is 5.79. The summed E-state index contributed by atoms with van der Waals surface area (Å²) in [6.07, 6.45) is 6.14. The molecule has 0 aromatic heterocycles. The second kappa shape index (κ2) is 27.9. The van der Waals surface area contributed by atoms with Gasteiger partial charge in [-0.3, -0.25) is 9.59 Å². The molecule has 3 aliphatic heterocycles. The van der Waals surface area contributed by atoms with Gasteiger partial charge in [-0.2, -0.15) is 0 Å². The molecule has 2 fully saturated rings. The van der Waals surface area contributed by atoms with E-state index in [4.69, 9.17) is 24.7 Å². The molecule has 3 rings (SSSR count). The van der Waals surface area contributed by atoms with Crippen LogP contribution in [0.2, 0.25) is 0 Å². The zero-order chi connectivity index (χ0) is 47.4. The van der Waals surface area contributed by atoms with Gasteiger partial charge in [0.25, 0.3) is 0 Å². The van der Waals surface area contributed by atoms with Crippen molar-refractivity contribution in [3.8, 4) is 0 Å². The molecule has 362 valence electrons. The lowest BCUT2D eigenvalue weighted by atomic mass is 9.82. The van der Waals surface area contributed by atoms with Gasteiger partial charge in [-0.05, 0) is 26.2 Å². The summed E-state index contributed by atoms with van der Waals surface area (Å²) in [5.41, 5.74) is 5.97. The molecule has 2 saturated heterocycles. The number of ether oxygens (including phenoxy) is 4. The molecule has 3 heterocycles. The summed E-state index contributed by atoms with van der Waals surface area (Å²) in [5, 5.41) is 110. The van der Waals surface area contributed by atoms with Crippen LogP contribution in [0.25, 0.3) is 0 Å². The molecular weight excluding hydrogens is 837 g/mol. The van der Waals surface area contributed by atoms with E-state index in [1.165, 1.54) is 7.05 Å². The molecule has 18 nitrogen and oxygen atoms in total. The van der Waals surface area contributed by atoms with Gasteiger partial charge in [-0.25, -0.2) is 0 Å². The van der Waals surface area contributed by atoms with Gasteiger partial charge < -0.3 is 81.1 Å². The van der Waals surface area contributed by atoms with Crippen molar-refractivity contribution in [3.05, 3.63) is 85.1 Å². The zero-order valence-electron chi connectivity index (χ0n) is 36.9. The minimum absolute atomic E-state index is 0.0849. The van der Waals surface area contributed by atoms with E-state index >= 15 is 0 Å². The molecule has 0 aliphatic carbocycles. The minimum atomic E-state index is -2.24. The second-order valence-electron chi connectivity index (χ2n) is 17.0. The quantitative estimate of drug-likeness (QED) is 0.162. The lowest BCUT2D eigenvalue weighted by molar-refractivity contribution is -0.304. The highest BCUT2D eigenvalue weighted by Gasteiger charge is 2.50. The normalized spacial score (nSPS) is 43.6. The number of aliphatic hydroxyl groups excluding tert-OH is 9. The van der Waals surface area contributed by atoms with Crippen LogP contribution in [0.4, 0.5) is 0 Å². The molecule has 3 aliphatic rings. The predicted molar refractivity (Wildman–Crippen MR) is 234 cm³/mol. The summed E-state index contributed by atoms with van der Waals surface area (Å²) >= 11 is 0. The molecule has 64 heavy (non-hydrogen) atoms. The van der Waals surface area contributed by atoms with E-state index in [2.05, 4.69) is 5.32 Å².